The topological polar surface area (TPSA) is 78.0 Å². The molecule has 1 aromatic carbocycles. The minimum Gasteiger partial charge on any atom is -0.384 e. The maximum absolute atomic E-state index is 11.5. The van der Waals surface area contributed by atoms with Gasteiger partial charge in [0.2, 0.25) is 0 Å². The van der Waals surface area contributed by atoms with Crippen LogP contribution in [0.5, 0.6) is 0 Å². The Hall–Kier alpha value is -1.53. The molecule has 0 aliphatic heterocycles. The summed E-state index contributed by atoms with van der Waals surface area (Å²) >= 11 is 5.92. The van der Waals surface area contributed by atoms with E-state index in [1.54, 1.807) is 19.2 Å². The summed E-state index contributed by atoms with van der Waals surface area (Å²) in [6.07, 6.45) is 1.13. The Labute approximate surface area is 110 Å². The standard InChI is InChI=1S/C11H12ClN3O2S/c1-15-11(13)6-10(14-15)7-3-8(12)5-9(4-7)18(2,16)17/h3-6H,13H2,1-2H3. The summed E-state index contributed by atoms with van der Waals surface area (Å²) in [5, 5.41) is 4.53. The first-order chi connectivity index (χ1) is 8.27. The van der Waals surface area contributed by atoms with Crippen LogP contribution in [-0.4, -0.2) is 24.5 Å². The van der Waals surface area contributed by atoms with Crippen molar-refractivity contribution in [1.29, 1.82) is 0 Å². The Balaban J connectivity index is 2.62. The fourth-order valence-corrected chi connectivity index (χ4v) is 2.53. The van der Waals surface area contributed by atoms with Crippen LogP contribution in [-0.2, 0) is 16.9 Å². The normalized spacial score (nSPS) is 11.7. The maximum Gasteiger partial charge on any atom is 0.175 e. The lowest BCUT2D eigenvalue weighted by Crippen LogP contribution is -1.98. The van der Waals surface area contributed by atoms with Gasteiger partial charge in [0.05, 0.1) is 10.6 Å². The summed E-state index contributed by atoms with van der Waals surface area (Å²) < 4.78 is 24.6. The van der Waals surface area contributed by atoms with Crippen molar-refractivity contribution in [3.05, 3.63) is 29.3 Å². The predicted molar refractivity (Wildman–Crippen MR) is 71.2 cm³/mol. The molecule has 0 fully saturated rings. The monoisotopic (exact) mass is 285 g/mol. The quantitative estimate of drug-likeness (QED) is 0.911. The highest BCUT2D eigenvalue weighted by atomic mass is 35.5. The second-order valence-corrected chi connectivity index (χ2v) is 6.48. The van der Waals surface area contributed by atoms with Crippen LogP contribution in [0.15, 0.2) is 29.2 Å². The van der Waals surface area contributed by atoms with Gasteiger partial charge in [-0.1, -0.05) is 11.6 Å². The van der Waals surface area contributed by atoms with E-state index in [-0.39, 0.29) is 4.90 Å². The molecular formula is C11H12ClN3O2S. The van der Waals surface area contributed by atoms with Crippen molar-refractivity contribution in [3.63, 3.8) is 0 Å². The van der Waals surface area contributed by atoms with Gasteiger partial charge in [0.15, 0.2) is 9.84 Å². The van der Waals surface area contributed by atoms with Gasteiger partial charge in [-0.05, 0) is 18.2 Å². The fourth-order valence-electron chi connectivity index (χ4n) is 1.55. The third-order valence-electron chi connectivity index (χ3n) is 2.51. The average Bonchev–Trinajstić information content (AvgIpc) is 2.57. The zero-order valence-corrected chi connectivity index (χ0v) is 11.5. The molecule has 2 rings (SSSR count). The van der Waals surface area contributed by atoms with Gasteiger partial charge in [0.1, 0.15) is 5.82 Å². The molecule has 0 radical (unpaired) electrons. The van der Waals surface area contributed by atoms with E-state index in [0.717, 1.165) is 6.26 Å². The average molecular weight is 286 g/mol. The molecule has 0 unspecified atom stereocenters. The largest absolute Gasteiger partial charge is 0.384 e. The van der Waals surface area contributed by atoms with E-state index in [1.165, 1.54) is 16.8 Å². The molecule has 0 spiro atoms. The van der Waals surface area contributed by atoms with Crippen molar-refractivity contribution >= 4 is 27.3 Å². The van der Waals surface area contributed by atoms with Gasteiger partial charge in [-0.15, -0.1) is 0 Å². The third kappa shape index (κ3) is 2.49. The number of nitrogen functional groups attached to an aromatic ring is 1. The third-order valence-corrected chi connectivity index (χ3v) is 3.82. The van der Waals surface area contributed by atoms with Gasteiger partial charge in [-0.3, -0.25) is 4.68 Å². The van der Waals surface area contributed by atoms with Gasteiger partial charge in [-0.25, -0.2) is 8.42 Å². The lowest BCUT2D eigenvalue weighted by atomic mass is 10.1. The molecule has 0 aliphatic carbocycles. The smallest absolute Gasteiger partial charge is 0.175 e. The van der Waals surface area contributed by atoms with E-state index in [9.17, 15) is 8.42 Å². The number of aromatic nitrogens is 2. The first-order valence-corrected chi connectivity index (χ1v) is 7.35. The molecule has 0 atom stereocenters. The number of aryl methyl sites for hydroxylation is 1. The summed E-state index contributed by atoms with van der Waals surface area (Å²) in [5.74, 6) is 0.492. The molecular weight excluding hydrogens is 274 g/mol. The number of nitrogens with two attached hydrogens (primary N) is 1. The molecule has 1 heterocycles. The number of halogens is 1. The summed E-state index contributed by atoms with van der Waals surface area (Å²) in [6.45, 7) is 0. The molecule has 0 saturated carbocycles. The minimum atomic E-state index is -3.31. The van der Waals surface area contributed by atoms with Gasteiger partial charge < -0.3 is 5.73 Å². The Bertz CT molecular complexity index is 688. The highest BCUT2D eigenvalue weighted by molar-refractivity contribution is 7.90. The number of anilines is 1. The van der Waals surface area contributed by atoms with Crippen LogP contribution in [0.2, 0.25) is 5.02 Å². The van der Waals surface area contributed by atoms with Crippen molar-refractivity contribution in [2.24, 2.45) is 7.05 Å². The molecule has 2 aromatic rings. The van der Waals surface area contributed by atoms with Crippen LogP contribution in [0, 0.1) is 0 Å². The zero-order valence-electron chi connectivity index (χ0n) is 9.88. The van der Waals surface area contributed by atoms with Crippen LogP contribution in [0.25, 0.3) is 11.3 Å². The van der Waals surface area contributed by atoms with E-state index < -0.39 is 9.84 Å². The second kappa shape index (κ2) is 4.29. The van der Waals surface area contributed by atoms with Crippen molar-refractivity contribution in [2.45, 2.75) is 4.90 Å². The first-order valence-electron chi connectivity index (χ1n) is 5.08. The fraction of sp³-hybridized carbons (Fsp3) is 0.182. The van der Waals surface area contributed by atoms with E-state index in [0.29, 0.717) is 22.1 Å². The Morgan fingerprint density at radius 1 is 1.28 bits per heavy atom. The van der Waals surface area contributed by atoms with Gasteiger partial charge >= 0.3 is 0 Å². The van der Waals surface area contributed by atoms with E-state index in [4.69, 9.17) is 17.3 Å². The molecule has 7 heteroatoms. The minimum absolute atomic E-state index is 0.161. The molecule has 5 nitrogen and oxygen atoms in total. The van der Waals surface area contributed by atoms with Gasteiger partial charge in [0, 0.05) is 30.0 Å². The van der Waals surface area contributed by atoms with Crippen LogP contribution >= 0.6 is 11.6 Å². The number of nitrogens with zero attached hydrogens (tertiary/aromatic N) is 2. The highest BCUT2D eigenvalue weighted by Crippen LogP contribution is 2.27. The lowest BCUT2D eigenvalue weighted by Gasteiger charge is -2.03. The number of rotatable bonds is 2. The molecule has 0 aliphatic rings. The van der Waals surface area contributed by atoms with Crippen molar-refractivity contribution in [3.8, 4) is 11.3 Å². The Morgan fingerprint density at radius 2 is 1.94 bits per heavy atom. The van der Waals surface area contributed by atoms with Crippen molar-refractivity contribution in [2.75, 3.05) is 12.0 Å². The number of hydrogen-bond donors (Lipinski definition) is 1. The van der Waals surface area contributed by atoms with Crippen LogP contribution in [0.3, 0.4) is 0 Å². The van der Waals surface area contributed by atoms with E-state index >= 15 is 0 Å². The zero-order chi connectivity index (χ0) is 13.5. The Morgan fingerprint density at radius 3 is 2.44 bits per heavy atom. The number of benzene rings is 1. The van der Waals surface area contributed by atoms with Gasteiger partial charge in [-0.2, -0.15) is 5.10 Å². The molecule has 18 heavy (non-hydrogen) atoms. The van der Waals surface area contributed by atoms with Crippen LogP contribution in [0.1, 0.15) is 0 Å². The predicted octanol–water partition coefficient (Wildman–Crippen LogP) is 1.73. The molecule has 0 saturated heterocycles. The van der Waals surface area contributed by atoms with Crippen molar-refractivity contribution < 1.29 is 8.42 Å². The van der Waals surface area contributed by atoms with Crippen molar-refractivity contribution in [1.82, 2.24) is 9.78 Å². The van der Waals surface area contributed by atoms with Gasteiger partial charge in [0.25, 0.3) is 0 Å². The molecule has 2 N–H and O–H groups in total. The highest BCUT2D eigenvalue weighted by Gasteiger charge is 2.12. The summed E-state index contributed by atoms with van der Waals surface area (Å²) in [4.78, 5) is 0.161. The molecule has 1 aromatic heterocycles. The first kappa shape index (κ1) is 12.9. The lowest BCUT2D eigenvalue weighted by molar-refractivity contribution is 0.602. The molecule has 96 valence electrons. The Kier molecular flexibility index (Phi) is 3.08. The summed E-state index contributed by atoms with van der Waals surface area (Å²) in [7, 11) is -1.60. The molecule has 0 bridgehead atoms. The number of sulfone groups is 1. The van der Waals surface area contributed by atoms with Crippen LogP contribution < -0.4 is 5.73 Å². The number of hydrogen-bond acceptors (Lipinski definition) is 4. The second-order valence-electron chi connectivity index (χ2n) is 4.03. The van der Waals surface area contributed by atoms with Crippen LogP contribution in [0.4, 0.5) is 5.82 Å². The SMILES string of the molecule is Cn1nc(-c2cc(Cl)cc(S(C)(=O)=O)c2)cc1N. The van der Waals surface area contributed by atoms with E-state index in [1.807, 2.05) is 0 Å². The summed E-state index contributed by atoms with van der Waals surface area (Å²) in [6, 6.07) is 6.26. The van der Waals surface area contributed by atoms with E-state index in [2.05, 4.69) is 5.10 Å². The summed E-state index contributed by atoms with van der Waals surface area (Å²) in [5.41, 5.74) is 6.90. The maximum atomic E-state index is 11.5. The molecule has 0 amide bonds.